The molecule has 0 atom stereocenters. The Balaban J connectivity index is 1.75. The minimum absolute atomic E-state index is 0.170. The van der Waals surface area contributed by atoms with Crippen LogP contribution in [-0.2, 0) is 11.3 Å². The summed E-state index contributed by atoms with van der Waals surface area (Å²) in [5, 5.41) is 12.2. The van der Waals surface area contributed by atoms with Gasteiger partial charge in [0, 0.05) is 18.2 Å². The summed E-state index contributed by atoms with van der Waals surface area (Å²) in [4.78, 5) is 12.5. The summed E-state index contributed by atoms with van der Waals surface area (Å²) in [7, 11) is 3.12. The highest BCUT2D eigenvalue weighted by atomic mass is 32.2. The molecule has 0 saturated heterocycles. The smallest absolute Gasteiger partial charge is 0.234 e. The zero-order valence-electron chi connectivity index (χ0n) is 17.2. The molecule has 0 bridgehead atoms. The first-order valence-electron chi connectivity index (χ1n) is 9.32. The summed E-state index contributed by atoms with van der Waals surface area (Å²) in [6, 6.07) is 13.2. The van der Waals surface area contributed by atoms with Crippen LogP contribution in [0.3, 0.4) is 0 Å². The van der Waals surface area contributed by atoms with E-state index in [2.05, 4.69) is 22.1 Å². The molecule has 1 aromatic heterocycles. The Bertz CT molecular complexity index is 1050. The number of hydrogen-bond donors (Lipinski definition) is 1. The third-order valence-corrected chi connectivity index (χ3v) is 5.39. The highest BCUT2D eigenvalue weighted by molar-refractivity contribution is 7.99. The molecule has 30 heavy (non-hydrogen) atoms. The van der Waals surface area contributed by atoms with E-state index in [1.165, 1.54) is 11.8 Å². The molecule has 3 rings (SSSR count). The average molecular weight is 425 g/mol. The first-order valence-corrected chi connectivity index (χ1v) is 10.3. The Morgan fingerprint density at radius 3 is 2.70 bits per heavy atom. The van der Waals surface area contributed by atoms with Gasteiger partial charge in [-0.05, 0) is 24.6 Å². The van der Waals surface area contributed by atoms with Crippen molar-refractivity contribution in [2.45, 2.75) is 18.6 Å². The predicted octanol–water partition coefficient (Wildman–Crippen LogP) is 4.19. The maximum atomic E-state index is 12.5. The molecule has 0 aliphatic heterocycles. The normalized spacial score (nSPS) is 10.5. The highest BCUT2D eigenvalue weighted by Crippen LogP contribution is 2.30. The number of ether oxygens (including phenoxy) is 2. The Morgan fingerprint density at radius 2 is 2.00 bits per heavy atom. The van der Waals surface area contributed by atoms with E-state index < -0.39 is 0 Å². The van der Waals surface area contributed by atoms with Crippen molar-refractivity contribution in [2.75, 3.05) is 25.3 Å². The maximum absolute atomic E-state index is 12.5. The summed E-state index contributed by atoms with van der Waals surface area (Å²) >= 11 is 1.32. The van der Waals surface area contributed by atoms with Crippen LogP contribution >= 0.6 is 11.8 Å². The van der Waals surface area contributed by atoms with Crippen LogP contribution in [0, 0.1) is 6.92 Å². The van der Waals surface area contributed by atoms with Gasteiger partial charge in [0.1, 0.15) is 11.5 Å². The van der Waals surface area contributed by atoms with E-state index in [0.717, 1.165) is 17.0 Å². The summed E-state index contributed by atoms with van der Waals surface area (Å²) < 4.78 is 12.5. The first-order chi connectivity index (χ1) is 14.6. The van der Waals surface area contributed by atoms with E-state index in [0.29, 0.717) is 28.9 Å². The zero-order chi connectivity index (χ0) is 21.5. The number of nitrogens with zero attached hydrogens (tertiary/aromatic N) is 3. The van der Waals surface area contributed by atoms with Crippen LogP contribution in [-0.4, -0.2) is 40.6 Å². The van der Waals surface area contributed by atoms with Gasteiger partial charge in [-0.3, -0.25) is 9.36 Å². The van der Waals surface area contributed by atoms with Crippen molar-refractivity contribution in [3.8, 4) is 22.9 Å². The monoisotopic (exact) mass is 424 g/mol. The number of carbonyl (C=O) groups excluding carboxylic acids is 1. The molecule has 156 valence electrons. The molecule has 1 amide bonds. The van der Waals surface area contributed by atoms with Crippen molar-refractivity contribution in [1.29, 1.82) is 0 Å². The number of carbonyl (C=O) groups is 1. The SMILES string of the molecule is C=CCn1c(SCC(=O)Nc2cc(OC)ccc2OC)nnc1-c1ccccc1C. The minimum Gasteiger partial charge on any atom is -0.497 e. The number of allylic oxidation sites excluding steroid dienone is 1. The lowest BCUT2D eigenvalue weighted by Gasteiger charge is -2.12. The summed E-state index contributed by atoms with van der Waals surface area (Å²) in [5.74, 6) is 1.93. The zero-order valence-corrected chi connectivity index (χ0v) is 18.0. The molecule has 0 spiro atoms. The lowest BCUT2D eigenvalue weighted by molar-refractivity contribution is -0.113. The van der Waals surface area contributed by atoms with Crippen LogP contribution in [0.1, 0.15) is 5.56 Å². The van der Waals surface area contributed by atoms with Gasteiger partial charge >= 0.3 is 0 Å². The van der Waals surface area contributed by atoms with Gasteiger partial charge < -0.3 is 14.8 Å². The molecule has 8 heteroatoms. The van der Waals surface area contributed by atoms with Gasteiger partial charge in [0.2, 0.25) is 5.91 Å². The third kappa shape index (κ3) is 4.83. The topological polar surface area (TPSA) is 78.3 Å². The van der Waals surface area contributed by atoms with E-state index in [1.54, 1.807) is 38.5 Å². The number of hydrogen-bond acceptors (Lipinski definition) is 6. The van der Waals surface area contributed by atoms with Crippen molar-refractivity contribution < 1.29 is 14.3 Å². The van der Waals surface area contributed by atoms with Crippen molar-refractivity contribution in [1.82, 2.24) is 14.8 Å². The summed E-state index contributed by atoms with van der Waals surface area (Å²) in [5.41, 5.74) is 2.66. The lowest BCUT2D eigenvalue weighted by atomic mass is 10.1. The average Bonchev–Trinajstić information content (AvgIpc) is 3.15. The number of rotatable bonds is 9. The highest BCUT2D eigenvalue weighted by Gasteiger charge is 2.17. The van der Waals surface area contributed by atoms with Crippen LogP contribution < -0.4 is 14.8 Å². The van der Waals surface area contributed by atoms with Crippen LogP contribution in [0.15, 0.2) is 60.3 Å². The second kappa shape index (κ2) is 9.98. The van der Waals surface area contributed by atoms with Gasteiger partial charge in [-0.15, -0.1) is 16.8 Å². The van der Waals surface area contributed by atoms with Crippen molar-refractivity contribution in [3.63, 3.8) is 0 Å². The fraction of sp³-hybridized carbons (Fsp3) is 0.227. The minimum atomic E-state index is -0.183. The molecule has 0 aliphatic rings. The molecule has 0 aliphatic carbocycles. The second-order valence-corrected chi connectivity index (χ2v) is 7.37. The van der Waals surface area contributed by atoms with E-state index >= 15 is 0 Å². The molecular formula is C22H24N4O3S. The molecule has 7 nitrogen and oxygen atoms in total. The largest absolute Gasteiger partial charge is 0.497 e. The Kier molecular flexibility index (Phi) is 7.13. The van der Waals surface area contributed by atoms with Crippen LogP contribution in [0.2, 0.25) is 0 Å². The van der Waals surface area contributed by atoms with Crippen molar-refractivity contribution in [2.24, 2.45) is 0 Å². The summed E-state index contributed by atoms with van der Waals surface area (Å²) in [6.07, 6.45) is 1.79. The number of benzene rings is 2. The van der Waals surface area contributed by atoms with Crippen LogP contribution in [0.5, 0.6) is 11.5 Å². The standard InChI is InChI=1S/C22H24N4O3S/c1-5-12-26-21(17-9-7-6-8-15(17)2)24-25-22(26)30-14-20(27)23-18-13-16(28-3)10-11-19(18)29-4/h5-11,13H,1,12,14H2,2-4H3,(H,23,27). The molecule has 1 heterocycles. The fourth-order valence-corrected chi connectivity index (χ4v) is 3.69. The summed E-state index contributed by atoms with van der Waals surface area (Å²) in [6.45, 7) is 6.41. The van der Waals surface area contributed by atoms with Gasteiger partial charge in [0.05, 0.1) is 25.7 Å². The second-order valence-electron chi connectivity index (χ2n) is 6.42. The first kappa shape index (κ1) is 21.4. The Labute approximate surface area is 180 Å². The fourth-order valence-electron chi connectivity index (χ4n) is 2.94. The van der Waals surface area contributed by atoms with E-state index in [9.17, 15) is 4.79 Å². The van der Waals surface area contributed by atoms with Gasteiger partial charge in [-0.25, -0.2) is 0 Å². The molecule has 2 aromatic carbocycles. The van der Waals surface area contributed by atoms with Gasteiger partial charge in [-0.2, -0.15) is 0 Å². The van der Waals surface area contributed by atoms with Crippen molar-refractivity contribution in [3.05, 3.63) is 60.7 Å². The number of methoxy groups -OCH3 is 2. The molecular weight excluding hydrogens is 400 g/mol. The van der Waals surface area contributed by atoms with E-state index in [4.69, 9.17) is 9.47 Å². The van der Waals surface area contributed by atoms with Gasteiger partial charge in [0.15, 0.2) is 11.0 Å². The lowest BCUT2D eigenvalue weighted by Crippen LogP contribution is -2.15. The van der Waals surface area contributed by atoms with Gasteiger partial charge in [-0.1, -0.05) is 42.1 Å². The number of aryl methyl sites for hydroxylation is 1. The number of thioether (sulfide) groups is 1. The molecule has 3 aromatic rings. The Hall–Kier alpha value is -3.26. The quantitative estimate of drug-likeness (QED) is 0.410. The van der Waals surface area contributed by atoms with Gasteiger partial charge in [0.25, 0.3) is 0 Å². The number of aromatic nitrogens is 3. The van der Waals surface area contributed by atoms with E-state index in [1.807, 2.05) is 35.8 Å². The maximum Gasteiger partial charge on any atom is 0.234 e. The predicted molar refractivity (Wildman–Crippen MR) is 119 cm³/mol. The molecule has 0 unspecified atom stereocenters. The third-order valence-electron chi connectivity index (χ3n) is 4.43. The Morgan fingerprint density at radius 1 is 1.20 bits per heavy atom. The van der Waals surface area contributed by atoms with Crippen LogP contribution in [0.4, 0.5) is 5.69 Å². The van der Waals surface area contributed by atoms with Crippen LogP contribution in [0.25, 0.3) is 11.4 Å². The molecule has 0 saturated carbocycles. The molecule has 0 fully saturated rings. The number of anilines is 1. The van der Waals surface area contributed by atoms with Crippen molar-refractivity contribution >= 4 is 23.4 Å². The van der Waals surface area contributed by atoms with E-state index in [-0.39, 0.29) is 11.7 Å². The molecule has 0 radical (unpaired) electrons. The number of nitrogens with one attached hydrogen (secondary N) is 1. The molecule has 1 N–H and O–H groups in total. The number of amides is 1.